The number of aromatic nitrogens is 2. The van der Waals surface area contributed by atoms with Crippen LogP contribution in [0.4, 0.5) is 5.82 Å². The Morgan fingerprint density at radius 3 is 3.14 bits per heavy atom. The second kappa shape index (κ2) is 4.11. The van der Waals surface area contributed by atoms with Crippen molar-refractivity contribution in [1.82, 2.24) is 9.97 Å². The molecule has 2 heterocycles. The summed E-state index contributed by atoms with van der Waals surface area (Å²) in [6, 6.07) is 2.11. The van der Waals surface area contributed by atoms with Crippen molar-refractivity contribution in [3.8, 4) is 0 Å². The summed E-state index contributed by atoms with van der Waals surface area (Å²) < 4.78 is 0. The van der Waals surface area contributed by atoms with Crippen molar-refractivity contribution in [2.75, 3.05) is 18.0 Å². The second-order valence-electron chi connectivity index (χ2n) is 3.53. The van der Waals surface area contributed by atoms with Crippen LogP contribution in [-0.2, 0) is 0 Å². The molecule has 1 aromatic heterocycles. The van der Waals surface area contributed by atoms with Gasteiger partial charge in [-0.25, -0.2) is 9.97 Å². The van der Waals surface area contributed by atoms with Crippen molar-refractivity contribution in [1.29, 1.82) is 0 Å². The normalized spacial score (nSPS) is 22.4. The Bertz CT molecular complexity index is 317. The summed E-state index contributed by atoms with van der Waals surface area (Å²) in [6.45, 7) is 1.86. The Morgan fingerprint density at radius 2 is 2.43 bits per heavy atom. The average Bonchev–Trinajstić information content (AvgIpc) is 2.18. The van der Waals surface area contributed by atoms with E-state index >= 15 is 0 Å². The van der Waals surface area contributed by atoms with Crippen LogP contribution in [0.5, 0.6) is 0 Å². The molecule has 0 aliphatic carbocycles. The minimum atomic E-state index is 0.248. The van der Waals surface area contributed by atoms with Crippen LogP contribution in [0.15, 0.2) is 12.3 Å². The van der Waals surface area contributed by atoms with Crippen molar-refractivity contribution in [3.05, 3.63) is 17.5 Å². The molecule has 4 nitrogen and oxygen atoms in total. The minimum absolute atomic E-state index is 0.248. The monoisotopic (exact) mass is 212 g/mol. The molecule has 0 amide bonds. The highest BCUT2D eigenvalue weighted by Crippen LogP contribution is 2.17. The summed E-state index contributed by atoms with van der Waals surface area (Å²) >= 11 is 5.72. The molecule has 1 aromatic rings. The molecule has 1 aliphatic heterocycles. The van der Waals surface area contributed by atoms with Gasteiger partial charge in [0.05, 0.1) is 0 Å². The fourth-order valence-electron chi connectivity index (χ4n) is 1.72. The Labute approximate surface area is 88.1 Å². The second-order valence-corrected chi connectivity index (χ2v) is 3.87. The largest absolute Gasteiger partial charge is 0.355 e. The van der Waals surface area contributed by atoms with Crippen LogP contribution < -0.4 is 10.6 Å². The molecule has 0 saturated carbocycles. The number of hydrogen-bond donors (Lipinski definition) is 1. The number of hydrogen-bond acceptors (Lipinski definition) is 4. The lowest BCUT2D eigenvalue weighted by atomic mass is 10.1. The first-order valence-corrected chi connectivity index (χ1v) is 5.12. The lowest BCUT2D eigenvalue weighted by Crippen LogP contribution is -2.43. The molecule has 0 aromatic carbocycles. The number of nitrogens with two attached hydrogens (primary N) is 1. The molecule has 1 saturated heterocycles. The van der Waals surface area contributed by atoms with Crippen LogP contribution >= 0.6 is 11.6 Å². The molecular weight excluding hydrogens is 200 g/mol. The van der Waals surface area contributed by atoms with E-state index in [0.29, 0.717) is 5.28 Å². The molecule has 14 heavy (non-hydrogen) atoms. The quantitative estimate of drug-likeness (QED) is 0.708. The van der Waals surface area contributed by atoms with Crippen LogP contribution in [0, 0.1) is 0 Å². The van der Waals surface area contributed by atoms with Gasteiger partial charge in [-0.2, -0.15) is 0 Å². The zero-order chi connectivity index (χ0) is 9.97. The maximum Gasteiger partial charge on any atom is 0.224 e. The third-order valence-corrected chi connectivity index (χ3v) is 2.58. The van der Waals surface area contributed by atoms with Crippen LogP contribution in [0.25, 0.3) is 0 Å². The Morgan fingerprint density at radius 1 is 1.57 bits per heavy atom. The van der Waals surface area contributed by atoms with E-state index < -0.39 is 0 Å². The van der Waals surface area contributed by atoms with Gasteiger partial charge < -0.3 is 10.6 Å². The van der Waals surface area contributed by atoms with E-state index in [1.165, 1.54) is 0 Å². The predicted molar refractivity (Wildman–Crippen MR) is 56.5 cm³/mol. The molecule has 2 rings (SSSR count). The van der Waals surface area contributed by atoms with Gasteiger partial charge in [-0.3, -0.25) is 0 Å². The molecule has 0 spiro atoms. The zero-order valence-corrected chi connectivity index (χ0v) is 8.61. The SMILES string of the molecule is NC1CCCN(c2ccnc(Cl)n2)C1. The van der Waals surface area contributed by atoms with E-state index in [2.05, 4.69) is 14.9 Å². The molecule has 76 valence electrons. The maximum absolute atomic E-state index is 5.88. The van der Waals surface area contributed by atoms with Gasteiger partial charge >= 0.3 is 0 Å². The topological polar surface area (TPSA) is 55.0 Å². The molecule has 0 radical (unpaired) electrons. The van der Waals surface area contributed by atoms with Gasteiger partial charge in [-0.05, 0) is 30.5 Å². The molecule has 0 bridgehead atoms. The number of rotatable bonds is 1. The van der Waals surface area contributed by atoms with E-state index in [1.54, 1.807) is 6.20 Å². The summed E-state index contributed by atoms with van der Waals surface area (Å²) in [5.74, 6) is 0.875. The standard InChI is InChI=1S/C9H13ClN4/c10-9-12-4-3-8(13-9)14-5-1-2-7(11)6-14/h3-4,7H,1-2,5-6,11H2. The first kappa shape index (κ1) is 9.68. The summed E-state index contributed by atoms with van der Waals surface area (Å²) in [6.07, 6.45) is 3.88. The fourth-order valence-corrected chi connectivity index (χ4v) is 1.86. The number of piperidine rings is 1. The van der Waals surface area contributed by atoms with Crippen LogP contribution in [0.1, 0.15) is 12.8 Å². The van der Waals surface area contributed by atoms with Gasteiger partial charge in [0.1, 0.15) is 5.82 Å². The minimum Gasteiger partial charge on any atom is -0.355 e. The maximum atomic E-state index is 5.88. The lowest BCUT2D eigenvalue weighted by Gasteiger charge is -2.31. The Kier molecular flexibility index (Phi) is 2.84. The van der Waals surface area contributed by atoms with Crippen LogP contribution in [-0.4, -0.2) is 29.1 Å². The predicted octanol–water partition coefficient (Wildman–Crippen LogP) is 1.06. The number of anilines is 1. The van der Waals surface area contributed by atoms with Crippen molar-refractivity contribution >= 4 is 17.4 Å². The number of nitrogens with zero attached hydrogens (tertiary/aromatic N) is 3. The third-order valence-electron chi connectivity index (χ3n) is 2.39. The average molecular weight is 213 g/mol. The molecule has 2 N–H and O–H groups in total. The highest BCUT2D eigenvalue weighted by molar-refractivity contribution is 6.28. The van der Waals surface area contributed by atoms with Gasteiger partial charge in [0.15, 0.2) is 0 Å². The lowest BCUT2D eigenvalue weighted by molar-refractivity contribution is 0.503. The summed E-state index contributed by atoms with van der Waals surface area (Å²) in [4.78, 5) is 10.2. The van der Waals surface area contributed by atoms with Crippen molar-refractivity contribution in [2.45, 2.75) is 18.9 Å². The molecule has 5 heteroatoms. The van der Waals surface area contributed by atoms with Gasteiger partial charge in [0.2, 0.25) is 5.28 Å². The third kappa shape index (κ3) is 2.13. The summed E-state index contributed by atoms with van der Waals surface area (Å²) in [5, 5.41) is 0.293. The highest BCUT2D eigenvalue weighted by atomic mass is 35.5. The zero-order valence-electron chi connectivity index (χ0n) is 7.86. The van der Waals surface area contributed by atoms with E-state index in [9.17, 15) is 0 Å². The van der Waals surface area contributed by atoms with Crippen molar-refractivity contribution < 1.29 is 0 Å². The van der Waals surface area contributed by atoms with Gasteiger partial charge in [-0.15, -0.1) is 0 Å². The van der Waals surface area contributed by atoms with E-state index in [0.717, 1.165) is 31.7 Å². The van der Waals surface area contributed by atoms with E-state index in [1.807, 2.05) is 6.07 Å². The van der Waals surface area contributed by atoms with E-state index in [4.69, 9.17) is 17.3 Å². The van der Waals surface area contributed by atoms with Crippen LogP contribution in [0.3, 0.4) is 0 Å². The summed E-state index contributed by atoms with van der Waals surface area (Å²) in [7, 11) is 0. The number of halogens is 1. The smallest absolute Gasteiger partial charge is 0.224 e. The molecule has 1 atom stereocenters. The van der Waals surface area contributed by atoms with Gasteiger partial charge in [-0.1, -0.05) is 0 Å². The molecule has 1 aliphatic rings. The fraction of sp³-hybridized carbons (Fsp3) is 0.556. The van der Waals surface area contributed by atoms with Crippen LogP contribution in [0.2, 0.25) is 5.28 Å². The summed E-state index contributed by atoms with van der Waals surface area (Å²) in [5.41, 5.74) is 5.88. The van der Waals surface area contributed by atoms with Gasteiger partial charge in [0.25, 0.3) is 0 Å². The van der Waals surface area contributed by atoms with Gasteiger partial charge in [0, 0.05) is 25.3 Å². The first-order valence-electron chi connectivity index (χ1n) is 4.75. The molecule has 1 unspecified atom stereocenters. The first-order chi connectivity index (χ1) is 6.75. The van der Waals surface area contributed by atoms with Crippen molar-refractivity contribution in [2.24, 2.45) is 5.73 Å². The molecular formula is C9H13ClN4. The van der Waals surface area contributed by atoms with E-state index in [-0.39, 0.29) is 6.04 Å². The highest BCUT2D eigenvalue weighted by Gasteiger charge is 2.17. The van der Waals surface area contributed by atoms with Crippen molar-refractivity contribution in [3.63, 3.8) is 0 Å². The Hall–Kier alpha value is -0.870. The Balaban J connectivity index is 2.14. The molecule has 1 fully saturated rings.